The third kappa shape index (κ3) is 7.39. The third-order valence-corrected chi connectivity index (χ3v) is 8.49. The van der Waals surface area contributed by atoms with Crippen molar-refractivity contribution in [2.45, 2.75) is 39.3 Å². The Morgan fingerprint density at radius 1 is 0.843 bits per heavy atom. The lowest BCUT2D eigenvalue weighted by atomic mass is 9.97. The number of rotatable bonds is 7. The van der Waals surface area contributed by atoms with Gasteiger partial charge in [-0.1, -0.05) is 42.5 Å². The van der Waals surface area contributed by atoms with Gasteiger partial charge in [0.2, 0.25) is 5.95 Å². The molecular weight excluding hydrogens is 646 g/mol. The zero-order chi connectivity index (χ0) is 35.7. The van der Waals surface area contributed by atoms with Gasteiger partial charge in [0.1, 0.15) is 5.60 Å². The second-order valence-electron chi connectivity index (χ2n) is 13.3. The number of non-ortho nitro benzene ring substituents is 1. The summed E-state index contributed by atoms with van der Waals surface area (Å²) in [5.41, 5.74) is 7.51. The van der Waals surface area contributed by atoms with Crippen LogP contribution in [-0.2, 0) is 17.7 Å². The molecule has 0 bridgehead atoms. The molecule has 256 valence electrons. The molecule has 3 heterocycles. The molecular formula is C39H35N7O5. The molecule has 12 heteroatoms. The maximum absolute atomic E-state index is 13.2. The van der Waals surface area contributed by atoms with E-state index in [4.69, 9.17) is 9.72 Å². The van der Waals surface area contributed by atoms with E-state index >= 15 is 0 Å². The molecule has 0 aliphatic carbocycles. The van der Waals surface area contributed by atoms with Crippen LogP contribution in [0.25, 0.3) is 27.9 Å². The Labute approximate surface area is 293 Å². The Hall–Kier alpha value is -6.56. The fourth-order valence-corrected chi connectivity index (χ4v) is 5.94. The number of aromatic nitrogens is 3. The van der Waals surface area contributed by atoms with Gasteiger partial charge in [0.05, 0.1) is 22.3 Å². The van der Waals surface area contributed by atoms with Crippen molar-refractivity contribution in [2.24, 2.45) is 0 Å². The van der Waals surface area contributed by atoms with Crippen molar-refractivity contribution in [2.75, 3.05) is 17.2 Å². The number of benzene rings is 4. The fraction of sp³-hybridized carbons (Fsp3) is 0.179. The van der Waals surface area contributed by atoms with Crippen molar-refractivity contribution in [3.8, 4) is 22.4 Å². The molecule has 0 unspecified atom stereocenters. The lowest BCUT2D eigenvalue weighted by Crippen LogP contribution is -2.39. The van der Waals surface area contributed by atoms with Crippen LogP contribution in [0.15, 0.2) is 109 Å². The number of fused-ring (bicyclic) bond motifs is 2. The zero-order valence-electron chi connectivity index (χ0n) is 28.3. The van der Waals surface area contributed by atoms with Crippen molar-refractivity contribution >= 4 is 40.5 Å². The predicted molar refractivity (Wildman–Crippen MR) is 195 cm³/mol. The summed E-state index contributed by atoms with van der Waals surface area (Å²) in [5.74, 6) is 0.281. The van der Waals surface area contributed by atoms with Crippen molar-refractivity contribution in [3.63, 3.8) is 0 Å². The minimum Gasteiger partial charge on any atom is -0.444 e. The van der Waals surface area contributed by atoms with E-state index in [1.807, 2.05) is 99.6 Å². The van der Waals surface area contributed by atoms with E-state index in [1.54, 1.807) is 33.8 Å². The van der Waals surface area contributed by atoms with E-state index in [0.717, 1.165) is 44.7 Å². The SMILES string of the molecule is CC(C)(C)OC(=O)N1CCc2cc(C(=O)Nc3ccc(Nc4nc(-c5ccc(-c6cccc([N+](=O)[O-])c6)cc5)cc5ccnn45)cc3)ccc2C1. The first-order valence-electron chi connectivity index (χ1n) is 16.5. The smallest absolute Gasteiger partial charge is 0.410 e. The largest absolute Gasteiger partial charge is 0.444 e. The number of amides is 2. The van der Waals surface area contributed by atoms with Gasteiger partial charge in [-0.2, -0.15) is 5.10 Å². The molecule has 1 aliphatic heterocycles. The summed E-state index contributed by atoms with van der Waals surface area (Å²) in [6.07, 6.45) is 2.01. The Morgan fingerprint density at radius 3 is 2.33 bits per heavy atom. The molecule has 12 nitrogen and oxygen atoms in total. The number of hydrogen-bond donors (Lipinski definition) is 2. The molecule has 0 radical (unpaired) electrons. The summed E-state index contributed by atoms with van der Waals surface area (Å²) >= 11 is 0. The topological polar surface area (TPSA) is 144 Å². The fourth-order valence-electron chi connectivity index (χ4n) is 5.94. The van der Waals surface area contributed by atoms with E-state index in [9.17, 15) is 19.7 Å². The molecule has 0 saturated heterocycles. The highest BCUT2D eigenvalue weighted by Gasteiger charge is 2.26. The lowest BCUT2D eigenvalue weighted by molar-refractivity contribution is -0.384. The predicted octanol–water partition coefficient (Wildman–Crippen LogP) is 8.26. The van der Waals surface area contributed by atoms with Crippen LogP contribution >= 0.6 is 0 Å². The summed E-state index contributed by atoms with van der Waals surface area (Å²) < 4.78 is 7.23. The highest BCUT2D eigenvalue weighted by atomic mass is 16.6. The number of nitro benzene ring substituents is 1. The van der Waals surface area contributed by atoms with Gasteiger partial charge in [-0.15, -0.1) is 0 Å². The minimum absolute atomic E-state index is 0.0424. The van der Waals surface area contributed by atoms with E-state index in [-0.39, 0.29) is 17.7 Å². The molecule has 0 saturated carbocycles. The Balaban J connectivity index is 1.03. The van der Waals surface area contributed by atoms with Gasteiger partial charge in [-0.05, 0) is 98.0 Å². The van der Waals surface area contributed by atoms with E-state index in [2.05, 4.69) is 15.7 Å². The molecule has 4 aromatic carbocycles. The number of ether oxygens (including phenoxy) is 1. The van der Waals surface area contributed by atoms with Crippen LogP contribution in [0.2, 0.25) is 0 Å². The molecule has 2 amide bonds. The van der Waals surface area contributed by atoms with E-state index in [1.165, 1.54) is 6.07 Å². The number of hydrogen-bond acceptors (Lipinski definition) is 8. The normalized spacial score (nSPS) is 12.6. The highest BCUT2D eigenvalue weighted by molar-refractivity contribution is 6.04. The minimum atomic E-state index is -0.558. The van der Waals surface area contributed by atoms with Gasteiger partial charge in [-0.3, -0.25) is 14.9 Å². The van der Waals surface area contributed by atoms with Gasteiger partial charge >= 0.3 is 6.09 Å². The second kappa shape index (κ2) is 13.4. The van der Waals surface area contributed by atoms with Crippen molar-refractivity contribution in [1.29, 1.82) is 0 Å². The summed E-state index contributed by atoms with van der Waals surface area (Å²) in [6, 6.07) is 31.0. The van der Waals surface area contributed by atoms with Crippen LogP contribution in [0.3, 0.4) is 0 Å². The molecule has 6 aromatic rings. The monoisotopic (exact) mass is 681 g/mol. The molecule has 2 aromatic heterocycles. The van der Waals surface area contributed by atoms with E-state index < -0.39 is 10.5 Å². The number of anilines is 3. The average molecular weight is 682 g/mol. The first kappa shape index (κ1) is 33.0. The third-order valence-electron chi connectivity index (χ3n) is 8.49. The Morgan fingerprint density at radius 2 is 1.59 bits per heavy atom. The molecule has 1 aliphatic rings. The van der Waals surface area contributed by atoms with Crippen LogP contribution in [0.1, 0.15) is 42.3 Å². The first-order valence-corrected chi connectivity index (χ1v) is 16.5. The quantitative estimate of drug-likeness (QED) is 0.127. The zero-order valence-corrected chi connectivity index (χ0v) is 28.3. The maximum atomic E-state index is 13.2. The molecule has 51 heavy (non-hydrogen) atoms. The number of carbonyl (C=O) groups is 2. The summed E-state index contributed by atoms with van der Waals surface area (Å²) in [7, 11) is 0. The van der Waals surface area contributed by atoms with Crippen LogP contribution in [0.4, 0.5) is 27.8 Å². The molecule has 0 spiro atoms. The van der Waals surface area contributed by atoms with Crippen molar-refractivity contribution in [1.82, 2.24) is 19.5 Å². The van der Waals surface area contributed by atoms with Gasteiger partial charge in [0.25, 0.3) is 11.6 Å². The Kier molecular flexibility index (Phi) is 8.65. The number of carbonyl (C=O) groups excluding carboxylic acids is 2. The molecule has 7 rings (SSSR count). The van der Waals surface area contributed by atoms with Crippen molar-refractivity contribution < 1.29 is 19.2 Å². The molecule has 0 atom stereocenters. The van der Waals surface area contributed by atoms with Gasteiger partial charge in [0.15, 0.2) is 0 Å². The number of nitrogens with one attached hydrogen (secondary N) is 2. The van der Waals surface area contributed by atoms with Crippen LogP contribution < -0.4 is 10.6 Å². The highest BCUT2D eigenvalue weighted by Crippen LogP contribution is 2.29. The summed E-state index contributed by atoms with van der Waals surface area (Å²) in [4.78, 5) is 43.1. The first-order chi connectivity index (χ1) is 24.5. The maximum Gasteiger partial charge on any atom is 0.410 e. The van der Waals surface area contributed by atoms with Gasteiger partial charge in [-0.25, -0.2) is 14.3 Å². The second-order valence-corrected chi connectivity index (χ2v) is 13.3. The lowest BCUT2D eigenvalue weighted by Gasteiger charge is -2.31. The van der Waals surface area contributed by atoms with Crippen molar-refractivity contribution in [3.05, 3.63) is 136 Å². The van der Waals surface area contributed by atoms with Crippen LogP contribution in [-0.4, -0.2) is 48.6 Å². The molecule has 2 N–H and O–H groups in total. The average Bonchev–Trinajstić information content (AvgIpc) is 3.61. The van der Waals surface area contributed by atoms with Gasteiger partial charge in [0, 0.05) is 47.7 Å². The summed E-state index contributed by atoms with van der Waals surface area (Å²) in [5, 5.41) is 22.0. The number of nitrogens with zero attached hydrogens (tertiary/aromatic N) is 5. The Bertz CT molecular complexity index is 2280. The standard InChI is InChI=1S/C39H35N7O5/c1-39(2,3)51-38(48)44-20-18-28-21-29(11-12-30(28)24-44)36(47)41-31-13-15-32(16-14-31)42-37-43-35(23-33-17-19-40-45(33)37)26-9-7-25(8-10-26)27-5-4-6-34(22-27)46(49)50/h4-17,19,21-23H,18,20,24H2,1-3H3,(H,41,47)(H,42,43). The summed E-state index contributed by atoms with van der Waals surface area (Å²) in [6.45, 7) is 6.52. The van der Waals surface area contributed by atoms with E-state index in [0.29, 0.717) is 36.7 Å². The van der Waals surface area contributed by atoms with Crippen LogP contribution in [0.5, 0.6) is 0 Å². The molecule has 0 fully saturated rings. The number of nitro groups is 1. The van der Waals surface area contributed by atoms with Gasteiger partial charge < -0.3 is 20.3 Å². The van der Waals surface area contributed by atoms with Crippen LogP contribution in [0, 0.1) is 10.1 Å².